The van der Waals surface area contributed by atoms with E-state index in [9.17, 15) is 0 Å². The lowest BCUT2D eigenvalue weighted by atomic mass is 10.1. The third-order valence-corrected chi connectivity index (χ3v) is 2.96. The number of guanidine groups is 1. The summed E-state index contributed by atoms with van der Waals surface area (Å²) in [7, 11) is 0. The summed E-state index contributed by atoms with van der Waals surface area (Å²) >= 11 is 0. The van der Waals surface area contributed by atoms with E-state index >= 15 is 0 Å². The van der Waals surface area contributed by atoms with Gasteiger partial charge in [-0.3, -0.25) is 4.99 Å². The lowest BCUT2D eigenvalue weighted by molar-refractivity contribution is 0.0763. The molecule has 0 spiro atoms. The predicted octanol–water partition coefficient (Wildman–Crippen LogP) is 1.99. The normalized spacial score (nSPS) is 17.8. The second kappa shape index (κ2) is 8.34. The lowest BCUT2D eigenvalue weighted by Crippen LogP contribution is -2.40. The Kier molecular flexibility index (Phi) is 7.01. The van der Waals surface area contributed by atoms with Gasteiger partial charge in [-0.2, -0.15) is 0 Å². The highest BCUT2D eigenvalue weighted by Gasteiger charge is 2.11. The number of piperidine rings is 1. The first-order valence-electron chi connectivity index (χ1n) is 6.86. The fraction of sp³-hybridized carbons (Fsp3) is 0.923. The van der Waals surface area contributed by atoms with Crippen molar-refractivity contribution >= 4 is 5.96 Å². The van der Waals surface area contributed by atoms with E-state index in [2.05, 4.69) is 23.7 Å². The van der Waals surface area contributed by atoms with E-state index in [0.717, 1.165) is 45.0 Å². The van der Waals surface area contributed by atoms with E-state index < -0.39 is 0 Å². The van der Waals surface area contributed by atoms with Gasteiger partial charge in [-0.25, -0.2) is 0 Å². The molecule has 0 atom stereocenters. The summed E-state index contributed by atoms with van der Waals surface area (Å²) < 4.78 is 5.48. The second-order valence-corrected chi connectivity index (χ2v) is 4.91. The van der Waals surface area contributed by atoms with E-state index in [-0.39, 0.29) is 0 Å². The van der Waals surface area contributed by atoms with E-state index in [4.69, 9.17) is 10.5 Å². The van der Waals surface area contributed by atoms with Crippen LogP contribution in [0, 0.1) is 0 Å². The second-order valence-electron chi connectivity index (χ2n) is 4.91. The van der Waals surface area contributed by atoms with Crippen molar-refractivity contribution in [3.05, 3.63) is 0 Å². The van der Waals surface area contributed by atoms with Crippen LogP contribution in [0.2, 0.25) is 0 Å². The number of rotatable bonds is 6. The van der Waals surface area contributed by atoms with E-state index in [0.29, 0.717) is 6.10 Å². The molecule has 1 saturated heterocycles. The summed E-state index contributed by atoms with van der Waals surface area (Å²) in [6.45, 7) is 7.93. The first-order chi connectivity index (χ1) is 8.20. The maximum atomic E-state index is 5.96. The van der Waals surface area contributed by atoms with Gasteiger partial charge in [-0.1, -0.05) is 0 Å². The molecule has 0 radical (unpaired) electrons. The van der Waals surface area contributed by atoms with Gasteiger partial charge in [0.05, 0.1) is 6.10 Å². The Bertz CT molecular complexity index is 223. The average molecular weight is 241 g/mol. The Morgan fingerprint density at radius 3 is 2.59 bits per heavy atom. The molecule has 1 aliphatic heterocycles. The van der Waals surface area contributed by atoms with Crippen molar-refractivity contribution in [3.8, 4) is 0 Å². The van der Waals surface area contributed by atoms with Crippen LogP contribution in [0.5, 0.6) is 0 Å². The molecule has 0 aromatic carbocycles. The molecule has 0 bridgehead atoms. The zero-order valence-electron chi connectivity index (χ0n) is 11.3. The van der Waals surface area contributed by atoms with Gasteiger partial charge in [-0.05, 0) is 46.0 Å². The van der Waals surface area contributed by atoms with E-state index in [1.165, 1.54) is 19.3 Å². The Balaban J connectivity index is 2.06. The molecular formula is C13H27N3O. The lowest BCUT2D eigenvalue weighted by Gasteiger charge is -2.27. The summed E-state index contributed by atoms with van der Waals surface area (Å²) in [5.74, 6) is 0.731. The molecule has 1 aliphatic rings. The molecule has 4 nitrogen and oxygen atoms in total. The highest BCUT2D eigenvalue weighted by atomic mass is 16.5. The molecule has 4 heteroatoms. The Morgan fingerprint density at radius 2 is 1.94 bits per heavy atom. The van der Waals surface area contributed by atoms with Gasteiger partial charge < -0.3 is 15.4 Å². The van der Waals surface area contributed by atoms with Crippen molar-refractivity contribution in [2.75, 3.05) is 26.2 Å². The van der Waals surface area contributed by atoms with Crippen LogP contribution >= 0.6 is 0 Å². The van der Waals surface area contributed by atoms with Crippen LogP contribution in [-0.4, -0.2) is 43.2 Å². The number of aliphatic imine (C=N–C) groups is 1. The standard InChI is InChI=1S/C13H27N3O/c1-12(2)17-11-7-4-8-15-13(14)16-9-5-3-6-10-16/h12H,3-11H2,1-2H3,(H2,14,15). The highest BCUT2D eigenvalue weighted by molar-refractivity contribution is 5.78. The van der Waals surface area contributed by atoms with Crippen molar-refractivity contribution in [3.63, 3.8) is 0 Å². The van der Waals surface area contributed by atoms with Crippen LogP contribution in [0.3, 0.4) is 0 Å². The van der Waals surface area contributed by atoms with E-state index in [1.807, 2.05) is 0 Å². The summed E-state index contributed by atoms with van der Waals surface area (Å²) in [4.78, 5) is 6.63. The van der Waals surface area contributed by atoms with Crippen molar-refractivity contribution < 1.29 is 4.74 Å². The van der Waals surface area contributed by atoms with Gasteiger partial charge in [0.25, 0.3) is 0 Å². The van der Waals surface area contributed by atoms with Gasteiger partial charge in [0.15, 0.2) is 5.96 Å². The third kappa shape index (κ3) is 6.51. The van der Waals surface area contributed by atoms with Crippen LogP contribution < -0.4 is 5.73 Å². The number of unbranched alkanes of at least 4 members (excludes halogenated alkanes) is 1. The largest absolute Gasteiger partial charge is 0.379 e. The molecule has 0 unspecified atom stereocenters. The third-order valence-electron chi connectivity index (χ3n) is 2.96. The first kappa shape index (κ1) is 14.3. The van der Waals surface area contributed by atoms with Crippen molar-refractivity contribution in [1.29, 1.82) is 0 Å². The molecule has 1 rings (SSSR count). The van der Waals surface area contributed by atoms with Crippen LogP contribution in [0.4, 0.5) is 0 Å². The summed E-state index contributed by atoms with van der Waals surface area (Å²) in [5, 5.41) is 0. The minimum Gasteiger partial charge on any atom is -0.379 e. The predicted molar refractivity (Wildman–Crippen MR) is 72.2 cm³/mol. The smallest absolute Gasteiger partial charge is 0.191 e. The van der Waals surface area contributed by atoms with Crippen molar-refractivity contribution in [1.82, 2.24) is 4.90 Å². The van der Waals surface area contributed by atoms with Crippen molar-refractivity contribution in [2.45, 2.75) is 52.1 Å². The van der Waals surface area contributed by atoms with Crippen LogP contribution in [0.15, 0.2) is 4.99 Å². The maximum Gasteiger partial charge on any atom is 0.191 e. The summed E-state index contributed by atoms with van der Waals surface area (Å²) in [6.07, 6.45) is 6.28. The van der Waals surface area contributed by atoms with Crippen LogP contribution in [-0.2, 0) is 4.74 Å². The number of nitrogens with two attached hydrogens (primary N) is 1. The van der Waals surface area contributed by atoms with Gasteiger partial charge in [0, 0.05) is 26.2 Å². The van der Waals surface area contributed by atoms with Crippen LogP contribution in [0.25, 0.3) is 0 Å². The van der Waals surface area contributed by atoms with Crippen molar-refractivity contribution in [2.24, 2.45) is 10.7 Å². The van der Waals surface area contributed by atoms with Gasteiger partial charge in [0.2, 0.25) is 0 Å². The first-order valence-corrected chi connectivity index (χ1v) is 6.86. The number of ether oxygens (including phenoxy) is 1. The molecule has 1 fully saturated rings. The summed E-state index contributed by atoms with van der Waals surface area (Å²) in [5.41, 5.74) is 5.96. The van der Waals surface area contributed by atoms with Gasteiger partial charge >= 0.3 is 0 Å². The highest BCUT2D eigenvalue weighted by Crippen LogP contribution is 2.07. The average Bonchev–Trinajstić information content (AvgIpc) is 2.34. The number of hydrogen-bond acceptors (Lipinski definition) is 2. The maximum absolute atomic E-state index is 5.96. The minimum atomic E-state index is 0.330. The topological polar surface area (TPSA) is 50.9 Å². The molecule has 100 valence electrons. The molecule has 17 heavy (non-hydrogen) atoms. The fourth-order valence-corrected chi connectivity index (χ4v) is 1.95. The molecule has 1 heterocycles. The molecule has 0 amide bonds. The quantitative estimate of drug-likeness (QED) is 0.439. The number of hydrogen-bond donors (Lipinski definition) is 1. The zero-order chi connectivity index (χ0) is 12.5. The fourth-order valence-electron chi connectivity index (χ4n) is 1.95. The molecule has 2 N–H and O–H groups in total. The van der Waals surface area contributed by atoms with Gasteiger partial charge in [0.1, 0.15) is 0 Å². The summed E-state index contributed by atoms with van der Waals surface area (Å²) in [6, 6.07) is 0. The Hall–Kier alpha value is -0.770. The monoisotopic (exact) mass is 241 g/mol. The Labute approximate surface area is 105 Å². The van der Waals surface area contributed by atoms with Crippen LogP contribution in [0.1, 0.15) is 46.0 Å². The van der Waals surface area contributed by atoms with Gasteiger partial charge in [-0.15, -0.1) is 0 Å². The number of likely N-dealkylation sites (tertiary alicyclic amines) is 1. The van der Waals surface area contributed by atoms with E-state index in [1.54, 1.807) is 0 Å². The number of nitrogens with zero attached hydrogens (tertiary/aromatic N) is 2. The molecule has 0 aromatic heterocycles. The molecule has 0 aromatic rings. The molecule has 0 saturated carbocycles. The molecule has 0 aliphatic carbocycles. The minimum absolute atomic E-state index is 0.330. The SMILES string of the molecule is CC(C)OCCCCN=C(N)N1CCCCC1. The molecular weight excluding hydrogens is 214 g/mol. The Morgan fingerprint density at radius 1 is 1.24 bits per heavy atom. The zero-order valence-corrected chi connectivity index (χ0v) is 11.3.